The molecular weight excluding hydrogens is 370 g/mol. The van der Waals surface area contributed by atoms with Gasteiger partial charge in [0.2, 0.25) is 0 Å². The van der Waals surface area contributed by atoms with Crippen LogP contribution in [0.1, 0.15) is 21.8 Å². The molecule has 0 saturated carbocycles. The molecule has 29 heavy (non-hydrogen) atoms. The molecule has 2 aromatic carbocycles. The first-order valence-corrected chi connectivity index (χ1v) is 9.04. The number of methoxy groups -OCH3 is 1. The van der Waals surface area contributed by atoms with E-state index < -0.39 is 0 Å². The molecule has 0 aliphatic rings. The summed E-state index contributed by atoms with van der Waals surface area (Å²) in [5, 5.41) is 10.7. The van der Waals surface area contributed by atoms with Crippen molar-refractivity contribution >= 4 is 5.91 Å². The molecule has 0 radical (unpaired) electrons. The fraction of sp³-hybridized carbons (Fsp3) is 0.136. The van der Waals surface area contributed by atoms with Crippen LogP contribution in [-0.2, 0) is 6.54 Å². The van der Waals surface area contributed by atoms with Crippen molar-refractivity contribution in [3.63, 3.8) is 0 Å². The maximum absolute atomic E-state index is 12.4. The van der Waals surface area contributed by atoms with Crippen LogP contribution in [0.25, 0.3) is 22.6 Å². The third-order valence-electron chi connectivity index (χ3n) is 4.45. The lowest BCUT2D eigenvalue weighted by Crippen LogP contribution is -2.22. The zero-order valence-electron chi connectivity index (χ0n) is 16.0. The van der Waals surface area contributed by atoms with E-state index in [1.54, 1.807) is 19.2 Å². The second kappa shape index (κ2) is 8.02. The standard InChI is InChI=1S/C22H19N3O4/c1-14-3-5-15(6-4-14)19-11-18(28-24-19)13-23-22(26)20-12-21(29-25-20)16-7-9-17(27-2)10-8-16/h3-12H,13H2,1-2H3,(H,23,26). The van der Waals surface area contributed by atoms with Gasteiger partial charge in [-0.3, -0.25) is 4.79 Å². The van der Waals surface area contributed by atoms with Crippen molar-refractivity contribution in [3.05, 3.63) is 77.7 Å². The highest BCUT2D eigenvalue weighted by Gasteiger charge is 2.15. The summed E-state index contributed by atoms with van der Waals surface area (Å²) >= 11 is 0. The van der Waals surface area contributed by atoms with Gasteiger partial charge in [0.1, 0.15) is 11.4 Å². The Hall–Kier alpha value is -3.87. The van der Waals surface area contributed by atoms with Crippen LogP contribution in [0.5, 0.6) is 5.75 Å². The number of nitrogens with zero attached hydrogens (tertiary/aromatic N) is 2. The van der Waals surface area contributed by atoms with E-state index in [4.69, 9.17) is 13.8 Å². The van der Waals surface area contributed by atoms with E-state index in [0.717, 1.165) is 22.6 Å². The van der Waals surface area contributed by atoms with Gasteiger partial charge in [-0.1, -0.05) is 40.1 Å². The molecule has 0 saturated heterocycles. The predicted octanol–water partition coefficient (Wildman–Crippen LogP) is 4.24. The maximum atomic E-state index is 12.4. The zero-order chi connectivity index (χ0) is 20.2. The first kappa shape index (κ1) is 18.5. The molecule has 146 valence electrons. The molecule has 1 amide bonds. The van der Waals surface area contributed by atoms with Crippen LogP contribution in [0.4, 0.5) is 0 Å². The van der Waals surface area contributed by atoms with Crippen LogP contribution < -0.4 is 10.1 Å². The molecule has 4 aromatic rings. The van der Waals surface area contributed by atoms with Crippen molar-refractivity contribution < 1.29 is 18.6 Å². The summed E-state index contributed by atoms with van der Waals surface area (Å²) in [6.07, 6.45) is 0. The van der Waals surface area contributed by atoms with Gasteiger partial charge >= 0.3 is 0 Å². The lowest BCUT2D eigenvalue weighted by atomic mass is 10.1. The molecule has 0 spiro atoms. The van der Waals surface area contributed by atoms with Gasteiger partial charge in [-0.05, 0) is 31.2 Å². The Morgan fingerprint density at radius 3 is 2.41 bits per heavy atom. The Labute approximate surface area is 167 Å². The lowest BCUT2D eigenvalue weighted by molar-refractivity contribution is 0.0938. The van der Waals surface area contributed by atoms with Crippen molar-refractivity contribution in [2.45, 2.75) is 13.5 Å². The normalized spacial score (nSPS) is 10.7. The van der Waals surface area contributed by atoms with Crippen LogP contribution >= 0.6 is 0 Å². The van der Waals surface area contributed by atoms with Crippen LogP contribution in [0.3, 0.4) is 0 Å². The summed E-state index contributed by atoms with van der Waals surface area (Å²) in [7, 11) is 1.60. The summed E-state index contributed by atoms with van der Waals surface area (Å²) < 4.78 is 15.7. The largest absolute Gasteiger partial charge is 0.497 e. The third kappa shape index (κ3) is 4.19. The van der Waals surface area contributed by atoms with E-state index in [-0.39, 0.29) is 18.1 Å². The fourth-order valence-electron chi connectivity index (χ4n) is 2.79. The van der Waals surface area contributed by atoms with Gasteiger partial charge in [0, 0.05) is 23.3 Å². The van der Waals surface area contributed by atoms with Crippen molar-refractivity contribution in [3.8, 4) is 28.3 Å². The molecule has 0 fully saturated rings. The molecule has 7 heteroatoms. The van der Waals surface area contributed by atoms with Gasteiger partial charge in [-0.25, -0.2) is 0 Å². The molecule has 4 rings (SSSR count). The number of amides is 1. The van der Waals surface area contributed by atoms with Gasteiger partial charge in [0.25, 0.3) is 5.91 Å². The Kier molecular flexibility index (Phi) is 5.11. The first-order chi connectivity index (χ1) is 14.1. The molecule has 1 N–H and O–H groups in total. The number of ether oxygens (including phenoxy) is 1. The van der Waals surface area contributed by atoms with Gasteiger partial charge in [0.05, 0.1) is 13.7 Å². The monoisotopic (exact) mass is 389 g/mol. The van der Waals surface area contributed by atoms with Crippen LogP contribution in [-0.4, -0.2) is 23.3 Å². The molecule has 2 heterocycles. The number of hydrogen-bond acceptors (Lipinski definition) is 6. The Morgan fingerprint density at radius 1 is 0.966 bits per heavy atom. The van der Waals surface area contributed by atoms with Crippen molar-refractivity contribution in [1.82, 2.24) is 15.6 Å². The average molecular weight is 389 g/mol. The summed E-state index contributed by atoms with van der Waals surface area (Å²) in [6.45, 7) is 2.22. The number of nitrogens with one attached hydrogen (secondary N) is 1. The minimum atomic E-state index is -0.359. The highest BCUT2D eigenvalue weighted by Crippen LogP contribution is 2.23. The molecule has 0 bridgehead atoms. The minimum absolute atomic E-state index is 0.189. The van der Waals surface area contributed by atoms with Crippen molar-refractivity contribution in [2.24, 2.45) is 0 Å². The van der Waals surface area contributed by atoms with E-state index in [9.17, 15) is 4.79 Å². The number of aromatic nitrogens is 2. The van der Waals surface area contributed by atoms with Gasteiger partial charge in [0.15, 0.2) is 17.2 Å². The first-order valence-electron chi connectivity index (χ1n) is 9.04. The Balaban J connectivity index is 1.39. The number of carbonyl (C=O) groups is 1. The quantitative estimate of drug-likeness (QED) is 0.530. The van der Waals surface area contributed by atoms with E-state index >= 15 is 0 Å². The van der Waals surface area contributed by atoms with Crippen LogP contribution in [0.2, 0.25) is 0 Å². The van der Waals surface area contributed by atoms with Crippen molar-refractivity contribution in [1.29, 1.82) is 0 Å². The summed E-state index contributed by atoms with van der Waals surface area (Å²) in [6, 6.07) is 18.7. The Bertz CT molecular complexity index is 1110. The second-order valence-corrected chi connectivity index (χ2v) is 6.53. The van der Waals surface area contributed by atoms with E-state index in [0.29, 0.717) is 11.5 Å². The van der Waals surface area contributed by atoms with Gasteiger partial charge in [-0.15, -0.1) is 0 Å². The third-order valence-corrected chi connectivity index (χ3v) is 4.45. The van der Waals surface area contributed by atoms with Crippen molar-refractivity contribution in [2.75, 3.05) is 7.11 Å². The number of rotatable bonds is 6. The van der Waals surface area contributed by atoms with Crippen LogP contribution in [0, 0.1) is 6.92 Å². The van der Waals surface area contributed by atoms with E-state index in [1.165, 1.54) is 5.56 Å². The maximum Gasteiger partial charge on any atom is 0.273 e. The molecular formula is C22H19N3O4. The number of benzene rings is 2. The fourth-order valence-corrected chi connectivity index (χ4v) is 2.79. The van der Waals surface area contributed by atoms with E-state index in [1.807, 2.05) is 55.5 Å². The highest BCUT2D eigenvalue weighted by atomic mass is 16.5. The van der Waals surface area contributed by atoms with Gasteiger partial charge in [-0.2, -0.15) is 0 Å². The minimum Gasteiger partial charge on any atom is -0.497 e. The molecule has 0 aliphatic heterocycles. The summed E-state index contributed by atoms with van der Waals surface area (Å²) in [4.78, 5) is 12.4. The Morgan fingerprint density at radius 2 is 1.69 bits per heavy atom. The van der Waals surface area contributed by atoms with Gasteiger partial charge < -0.3 is 19.1 Å². The summed E-state index contributed by atoms with van der Waals surface area (Å²) in [5.74, 6) is 1.43. The smallest absolute Gasteiger partial charge is 0.273 e. The van der Waals surface area contributed by atoms with Crippen LogP contribution in [0.15, 0.2) is 69.7 Å². The topological polar surface area (TPSA) is 90.4 Å². The number of hydrogen-bond donors (Lipinski definition) is 1. The lowest BCUT2D eigenvalue weighted by Gasteiger charge is -1.99. The predicted molar refractivity (Wildman–Crippen MR) is 106 cm³/mol. The molecule has 0 aliphatic carbocycles. The highest BCUT2D eigenvalue weighted by molar-refractivity contribution is 5.93. The number of aryl methyl sites for hydroxylation is 1. The molecule has 0 atom stereocenters. The zero-order valence-corrected chi connectivity index (χ0v) is 16.0. The average Bonchev–Trinajstić information content (AvgIpc) is 3.43. The molecule has 2 aromatic heterocycles. The molecule has 0 unspecified atom stereocenters. The van der Waals surface area contributed by atoms with E-state index in [2.05, 4.69) is 15.6 Å². The molecule has 7 nitrogen and oxygen atoms in total. The second-order valence-electron chi connectivity index (χ2n) is 6.53. The number of carbonyl (C=O) groups excluding carboxylic acids is 1. The SMILES string of the molecule is COc1ccc(-c2cc(C(=O)NCc3cc(-c4ccc(C)cc4)no3)no2)cc1. The summed E-state index contributed by atoms with van der Waals surface area (Å²) in [5.41, 5.74) is 3.84.